The highest BCUT2D eigenvalue weighted by atomic mass is 35.5. The molecule has 3 N–H and O–H groups in total. The van der Waals surface area contributed by atoms with E-state index < -0.39 is 44.7 Å². The monoisotopic (exact) mass is 721 g/mol. The zero-order chi connectivity index (χ0) is 35.9. The van der Waals surface area contributed by atoms with Crippen molar-refractivity contribution >= 4 is 47.8 Å². The number of phosphoric acid groups is 1. The molecule has 5 rings (SSSR count). The lowest BCUT2D eigenvalue weighted by molar-refractivity contribution is 0.0427. The second kappa shape index (κ2) is 13.6. The van der Waals surface area contributed by atoms with Crippen LogP contribution in [0.4, 0.5) is 29.3 Å². The van der Waals surface area contributed by atoms with Gasteiger partial charge in [0.1, 0.15) is 17.3 Å². The highest BCUT2D eigenvalue weighted by Crippen LogP contribution is 2.49. The van der Waals surface area contributed by atoms with Crippen LogP contribution in [0.5, 0.6) is 0 Å². The number of terminal acetylenes is 1. The van der Waals surface area contributed by atoms with Crippen molar-refractivity contribution in [3.8, 4) is 12.3 Å². The molecule has 4 aromatic rings. The van der Waals surface area contributed by atoms with Crippen LogP contribution in [-0.2, 0) is 19.4 Å². The third kappa shape index (κ3) is 7.82. The number of hydrogen-bond acceptors (Lipinski definition) is 9. The Labute approximate surface area is 284 Å². The molecule has 1 atom stereocenters. The number of fused-ring (bicyclic) bond motifs is 1. The SMILES string of the molecule is C#Cc1cnc2c(Cl)cc(N(C(=O)OCOP(=O)(O)O)[C@H](c3cn(C4(C(F)F)CC4)nn3)c3ccc(F)nc3C)cc2c1NCC(C)(C)C. The third-order valence-corrected chi connectivity index (χ3v) is 8.53. The Morgan fingerprint density at radius 3 is 2.59 bits per heavy atom. The second-order valence-electron chi connectivity index (χ2n) is 12.7. The van der Waals surface area contributed by atoms with Crippen molar-refractivity contribution in [3.63, 3.8) is 0 Å². The smallest absolute Gasteiger partial charge is 0.421 e. The number of ether oxygens (including phenoxy) is 1. The lowest BCUT2D eigenvalue weighted by Gasteiger charge is -2.31. The average Bonchev–Trinajstić information content (AvgIpc) is 3.68. The molecule has 1 saturated carbocycles. The third-order valence-electron chi connectivity index (χ3n) is 7.80. The van der Waals surface area contributed by atoms with E-state index in [1.165, 1.54) is 37.5 Å². The molecule has 1 aliphatic carbocycles. The fourth-order valence-corrected chi connectivity index (χ4v) is 5.62. The van der Waals surface area contributed by atoms with E-state index in [1.54, 1.807) is 0 Å². The van der Waals surface area contributed by atoms with Crippen LogP contribution in [0.15, 0.2) is 36.7 Å². The van der Waals surface area contributed by atoms with Crippen molar-refractivity contribution in [2.75, 3.05) is 23.6 Å². The number of nitrogens with one attached hydrogen (secondary N) is 1. The Hall–Kier alpha value is -4.26. The maximum absolute atomic E-state index is 14.3. The summed E-state index contributed by atoms with van der Waals surface area (Å²) in [6.45, 7) is 6.76. The van der Waals surface area contributed by atoms with Crippen molar-refractivity contribution in [2.45, 2.75) is 58.5 Å². The Balaban J connectivity index is 1.75. The minimum Gasteiger partial charge on any atom is -0.421 e. The van der Waals surface area contributed by atoms with Gasteiger partial charge in [0.2, 0.25) is 12.7 Å². The molecule has 3 aromatic heterocycles. The largest absolute Gasteiger partial charge is 0.472 e. The number of rotatable bonds is 11. The van der Waals surface area contributed by atoms with Gasteiger partial charge in [-0.25, -0.2) is 32.3 Å². The lowest BCUT2D eigenvalue weighted by Crippen LogP contribution is -2.37. The normalized spacial score (nSPS) is 14.8. The summed E-state index contributed by atoms with van der Waals surface area (Å²) in [4.78, 5) is 41.7. The number of hydrogen-bond donors (Lipinski definition) is 3. The summed E-state index contributed by atoms with van der Waals surface area (Å²) in [7, 11) is -5.07. The van der Waals surface area contributed by atoms with Crippen LogP contribution in [0, 0.1) is 30.6 Å². The zero-order valence-corrected chi connectivity index (χ0v) is 28.3. The first kappa shape index (κ1) is 36.0. The molecular formula is C31H32ClF3N7O6P. The Morgan fingerprint density at radius 1 is 1.29 bits per heavy atom. The van der Waals surface area contributed by atoms with Crippen LogP contribution in [0.1, 0.15) is 62.2 Å². The van der Waals surface area contributed by atoms with Gasteiger partial charge in [0.15, 0.2) is 0 Å². The van der Waals surface area contributed by atoms with Crippen molar-refractivity contribution < 1.29 is 41.6 Å². The summed E-state index contributed by atoms with van der Waals surface area (Å²) in [6, 6.07) is 3.87. The molecule has 1 fully saturated rings. The van der Waals surface area contributed by atoms with Crippen LogP contribution < -0.4 is 10.2 Å². The number of nitrogens with zero attached hydrogens (tertiary/aromatic N) is 6. The molecule has 18 heteroatoms. The fourth-order valence-electron chi connectivity index (χ4n) is 5.17. The standard InChI is InChI=1S/C31H32ClF3N7O6P/c1-6-18-13-36-26-21(25(18)37-15-30(3,4)5)11-19(12-22(26)32)42(29(43)47-16-48-49(44,45)46)27(20-7-8-24(33)38-17(20)2)23-14-41(40-39-23)31(9-10-31)28(34)35/h1,7-8,11-14,27-28H,9-10,15-16H2,2-5H3,(H,36,37)(H2,44,45,46)/t27-/m0/s1. The number of phosphoric ester groups is 1. The van der Waals surface area contributed by atoms with Crippen molar-refractivity contribution in [3.05, 3.63) is 70.1 Å². The summed E-state index contributed by atoms with van der Waals surface area (Å²) in [5, 5.41) is 11.9. The van der Waals surface area contributed by atoms with E-state index in [0.29, 0.717) is 28.7 Å². The number of amides is 1. The van der Waals surface area contributed by atoms with E-state index >= 15 is 0 Å². The Morgan fingerprint density at radius 2 is 2.00 bits per heavy atom. The van der Waals surface area contributed by atoms with Gasteiger partial charge in [-0.2, -0.15) is 4.39 Å². The molecule has 260 valence electrons. The number of halogens is 4. The van der Waals surface area contributed by atoms with E-state index in [9.17, 15) is 32.3 Å². The number of pyridine rings is 2. The molecule has 0 unspecified atom stereocenters. The fraction of sp³-hybridized carbons (Fsp3) is 0.387. The van der Waals surface area contributed by atoms with Crippen molar-refractivity contribution in [1.82, 2.24) is 25.0 Å². The molecule has 1 amide bonds. The topological polar surface area (TPSA) is 165 Å². The molecule has 0 saturated heterocycles. The molecule has 3 heterocycles. The number of carbonyl (C=O) groups excluding carboxylic acids is 1. The maximum Gasteiger partial charge on any atom is 0.472 e. The predicted molar refractivity (Wildman–Crippen MR) is 174 cm³/mol. The van der Waals surface area contributed by atoms with Gasteiger partial charge in [-0.3, -0.25) is 9.88 Å². The molecule has 49 heavy (non-hydrogen) atoms. The van der Waals surface area contributed by atoms with Gasteiger partial charge in [0, 0.05) is 29.4 Å². The first-order chi connectivity index (χ1) is 22.9. The van der Waals surface area contributed by atoms with Crippen LogP contribution in [0.2, 0.25) is 5.02 Å². The van der Waals surface area contributed by atoms with Crippen LogP contribution in [-0.4, -0.2) is 60.6 Å². The summed E-state index contributed by atoms with van der Waals surface area (Å²) in [5.74, 6) is 1.75. The van der Waals surface area contributed by atoms with Gasteiger partial charge in [-0.05, 0) is 43.4 Å². The number of aromatic nitrogens is 5. The van der Waals surface area contributed by atoms with Gasteiger partial charge in [-0.15, -0.1) is 11.5 Å². The lowest BCUT2D eigenvalue weighted by atomic mass is 9.96. The molecule has 0 radical (unpaired) electrons. The van der Waals surface area contributed by atoms with Gasteiger partial charge < -0.3 is 19.8 Å². The molecular weight excluding hydrogens is 690 g/mol. The van der Waals surface area contributed by atoms with Gasteiger partial charge in [0.25, 0.3) is 6.43 Å². The van der Waals surface area contributed by atoms with E-state index in [0.717, 1.165) is 15.6 Å². The van der Waals surface area contributed by atoms with Gasteiger partial charge in [-0.1, -0.05) is 49.6 Å². The summed E-state index contributed by atoms with van der Waals surface area (Å²) >= 11 is 6.76. The van der Waals surface area contributed by atoms with E-state index in [1.807, 2.05) is 20.8 Å². The number of anilines is 2. The minimum atomic E-state index is -5.07. The predicted octanol–water partition coefficient (Wildman–Crippen LogP) is 6.32. The molecule has 0 bridgehead atoms. The first-order valence-electron chi connectivity index (χ1n) is 14.8. The second-order valence-corrected chi connectivity index (χ2v) is 14.3. The minimum absolute atomic E-state index is 0.0201. The van der Waals surface area contributed by atoms with E-state index in [2.05, 4.69) is 36.0 Å². The first-order valence-corrected chi connectivity index (χ1v) is 16.7. The Kier molecular flexibility index (Phi) is 9.98. The number of carbonyl (C=O) groups is 1. The molecule has 13 nitrogen and oxygen atoms in total. The molecule has 1 aromatic carbocycles. The maximum atomic E-state index is 14.3. The van der Waals surface area contributed by atoms with Crippen LogP contribution in [0.25, 0.3) is 10.9 Å². The number of aryl methyl sites for hydroxylation is 1. The Bertz CT molecular complexity index is 1990. The van der Waals surface area contributed by atoms with Crippen molar-refractivity contribution in [1.29, 1.82) is 0 Å². The zero-order valence-electron chi connectivity index (χ0n) is 26.7. The highest BCUT2D eigenvalue weighted by molar-refractivity contribution is 7.46. The van der Waals surface area contributed by atoms with Crippen LogP contribution in [0.3, 0.4) is 0 Å². The van der Waals surface area contributed by atoms with Gasteiger partial charge in [0.05, 0.1) is 33.7 Å². The summed E-state index contributed by atoms with van der Waals surface area (Å²) < 4.78 is 64.3. The van der Waals surface area contributed by atoms with E-state index in [4.69, 9.17) is 22.8 Å². The molecule has 0 spiro atoms. The average molecular weight is 722 g/mol. The van der Waals surface area contributed by atoms with Crippen LogP contribution >= 0.6 is 19.4 Å². The van der Waals surface area contributed by atoms with Crippen molar-refractivity contribution in [2.24, 2.45) is 5.41 Å². The number of benzene rings is 1. The summed E-state index contributed by atoms with van der Waals surface area (Å²) in [5.41, 5.74) is -0.372. The molecule has 0 aliphatic heterocycles. The quantitative estimate of drug-likeness (QED) is 0.0688. The van der Waals surface area contributed by atoms with E-state index in [-0.39, 0.29) is 45.9 Å². The number of alkyl halides is 2. The summed E-state index contributed by atoms with van der Waals surface area (Å²) in [6.07, 6.45) is 4.79. The highest BCUT2D eigenvalue weighted by Gasteiger charge is 2.54. The van der Waals surface area contributed by atoms with Gasteiger partial charge >= 0.3 is 13.9 Å². The molecule has 1 aliphatic rings.